The van der Waals surface area contributed by atoms with Crippen molar-refractivity contribution in [2.75, 3.05) is 0 Å². The smallest absolute Gasteiger partial charge is 0.220 e. The van der Waals surface area contributed by atoms with Crippen molar-refractivity contribution in [1.82, 2.24) is 15.2 Å². The van der Waals surface area contributed by atoms with Crippen LogP contribution in [0.3, 0.4) is 0 Å². The summed E-state index contributed by atoms with van der Waals surface area (Å²) < 4.78 is 13.9. The molecule has 0 aliphatic carbocycles. The van der Waals surface area contributed by atoms with E-state index in [1.165, 1.54) is 6.20 Å². The highest BCUT2D eigenvalue weighted by Crippen LogP contribution is 2.23. The van der Waals surface area contributed by atoms with E-state index in [0.717, 1.165) is 4.47 Å². The third-order valence-electron chi connectivity index (χ3n) is 1.61. The molecule has 0 aromatic carbocycles. The van der Waals surface area contributed by atoms with Gasteiger partial charge in [0.1, 0.15) is 0 Å². The average Bonchev–Trinajstić information content (AvgIpc) is 2.61. The molecule has 0 saturated carbocycles. The average molecular weight is 242 g/mol. The zero-order chi connectivity index (χ0) is 9.26. The third-order valence-corrected chi connectivity index (χ3v) is 2.05. The van der Waals surface area contributed by atoms with Gasteiger partial charge in [-0.2, -0.15) is 9.49 Å². The molecule has 2 heterocycles. The molecular weight excluding hydrogens is 237 g/mol. The van der Waals surface area contributed by atoms with E-state index in [-0.39, 0.29) is 0 Å². The van der Waals surface area contributed by atoms with E-state index in [0.29, 0.717) is 11.1 Å². The lowest BCUT2D eigenvalue weighted by molar-refractivity contribution is 0.587. The van der Waals surface area contributed by atoms with Gasteiger partial charge in [0.25, 0.3) is 0 Å². The van der Waals surface area contributed by atoms with Gasteiger partial charge < -0.3 is 0 Å². The molecule has 0 radical (unpaired) electrons. The number of pyridine rings is 1. The second kappa shape index (κ2) is 3.26. The molecule has 0 fully saturated rings. The minimum Gasteiger partial charge on any atom is -0.285 e. The lowest BCUT2D eigenvalue weighted by Gasteiger charge is -1.98. The van der Waals surface area contributed by atoms with Crippen LogP contribution in [0.15, 0.2) is 29.1 Å². The van der Waals surface area contributed by atoms with Crippen LogP contribution < -0.4 is 0 Å². The quantitative estimate of drug-likeness (QED) is 0.780. The van der Waals surface area contributed by atoms with Crippen LogP contribution in [0.2, 0.25) is 0 Å². The van der Waals surface area contributed by atoms with E-state index in [2.05, 4.69) is 31.1 Å². The van der Waals surface area contributed by atoms with Gasteiger partial charge in [0, 0.05) is 28.0 Å². The predicted octanol–water partition coefficient (Wildman–Crippen LogP) is 2.37. The fourth-order valence-corrected chi connectivity index (χ4v) is 1.35. The summed E-state index contributed by atoms with van der Waals surface area (Å²) in [5.41, 5.74) is 1.12. The van der Waals surface area contributed by atoms with Gasteiger partial charge in [0.2, 0.25) is 5.95 Å². The maximum absolute atomic E-state index is 13.2. The van der Waals surface area contributed by atoms with Crippen molar-refractivity contribution in [1.29, 1.82) is 0 Å². The highest BCUT2D eigenvalue weighted by Gasteiger charge is 2.07. The molecule has 3 nitrogen and oxygen atoms in total. The summed E-state index contributed by atoms with van der Waals surface area (Å²) in [5.74, 6) is -0.496. The van der Waals surface area contributed by atoms with Crippen molar-refractivity contribution >= 4 is 15.9 Å². The van der Waals surface area contributed by atoms with E-state index in [4.69, 9.17) is 0 Å². The van der Waals surface area contributed by atoms with E-state index < -0.39 is 5.95 Å². The summed E-state index contributed by atoms with van der Waals surface area (Å²) in [6.45, 7) is 0. The number of halogens is 2. The number of nitrogens with zero attached hydrogens (tertiary/aromatic N) is 2. The zero-order valence-electron chi connectivity index (χ0n) is 6.46. The SMILES string of the molecule is Fc1ncc(Br)cc1-c1cn[nH]c1. The van der Waals surface area contributed by atoms with Crippen molar-refractivity contribution in [3.8, 4) is 11.1 Å². The molecule has 0 spiro atoms. The predicted molar refractivity (Wildman–Crippen MR) is 49.5 cm³/mol. The van der Waals surface area contributed by atoms with Crippen molar-refractivity contribution in [2.45, 2.75) is 0 Å². The van der Waals surface area contributed by atoms with Gasteiger partial charge in [0.05, 0.1) is 6.20 Å². The van der Waals surface area contributed by atoms with Crippen LogP contribution in [-0.2, 0) is 0 Å². The molecule has 2 aromatic rings. The van der Waals surface area contributed by atoms with Gasteiger partial charge in [-0.1, -0.05) is 0 Å². The molecule has 0 saturated heterocycles. The van der Waals surface area contributed by atoms with Gasteiger partial charge in [0.15, 0.2) is 0 Å². The van der Waals surface area contributed by atoms with Crippen LogP contribution in [0.5, 0.6) is 0 Å². The maximum Gasteiger partial charge on any atom is 0.220 e. The zero-order valence-corrected chi connectivity index (χ0v) is 8.05. The van der Waals surface area contributed by atoms with E-state index in [9.17, 15) is 4.39 Å². The molecule has 2 rings (SSSR count). The second-order valence-electron chi connectivity index (χ2n) is 2.48. The molecule has 0 aliphatic heterocycles. The fourth-order valence-electron chi connectivity index (χ4n) is 1.02. The first-order valence-corrected chi connectivity index (χ1v) is 4.37. The first-order chi connectivity index (χ1) is 6.27. The minimum atomic E-state index is -0.496. The Morgan fingerprint density at radius 3 is 2.92 bits per heavy atom. The standard InChI is InChI=1S/C8H5BrFN3/c9-6-1-7(8(10)11-4-6)5-2-12-13-3-5/h1-4H,(H,12,13). The van der Waals surface area contributed by atoms with Crippen molar-refractivity contribution in [3.05, 3.63) is 35.1 Å². The van der Waals surface area contributed by atoms with Crippen molar-refractivity contribution in [3.63, 3.8) is 0 Å². The Morgan fingerprint density at radius 2 is 2.23 bits per heavy atom. The van der Waals surface area contributed by atoms with E-state index in [1.54, 1.807) is 18.5 Å². The number of rotatable bonds is 1. The van der Waals surface area contributed by atoms with Crippen LogP contribution in [0.1, 0.15) is 0 Å². The Kier molecular flexibility index (Phi) is 2.10. The molecule has 66 valence electrons. The Balaban J connectivity index is 2.57. The van der Waals surface area contributed by atoms with Gasteiger partial charge in [-0.25, -0.2) is 4.98 Å². The summed E-state index contributed by atoms with van der Waals surface area (Å²) in [5, 5.41) is 6.35. The molecule has 0 unspecified atom stereocenters. The highest BCUT2D eigenvalue weighted by molar-refractivity contribution is 9.10. The summed E-state index contributed by atoms with van der Waals surface area (Å²) in [4.78, 5) is 3.58. The van der Waals surface area contributed by atoms with Crippen LogP contribution in [0, 0.1) is 5.95 Å². The number of aromatic amines is 1. The van der Waals surface area contributed by atoms with Crippen LogP contribution in [0.4, 0.5) is 4.39 Å². The summed E-state index contributed by atoms with van der Waals surface area (Å²) in [6, 6.07) is 1.66. The molecule has 0 aliphatic rings. The molecule has 0 amide bonds. The lowest BCUT2D eigenvalue weighted by atomic mass is 10.2. The van der Waals surface area contributed by atoms with Gasteiger partial charge >= 0.3 is 0 Å². The Morgan fingerprint density at radius 1 is 1.38 bits per heavy atom. The van der Waals surface area contributed by atoms with Gasteiger partial charge in [-0.05, 0) is 22.0 Å². The molecule has 13 heavy (non-hydrogen) atoms. The van der Waals surface area contributed by atoms with Gasteiger partial charge in [-0.15, -0.1) is 0 Å². The number of aromatic nitrogens is 3. The first-order valence-electron chi connectivity index (χ1n) is 3.57. The topological polar surface area (TPSA) is 41.6 Å². The fraction of sp³-hybridized carbons (Fsp3) is 0. The lowest BCUT2D eigenvalue weighted by Crippen LogP contribution is -1.86. The number of hydrogen-bond acceptors (Lipinski definition) is 2. The minimum absolute atomic E-state index is 0.433. The highest BCUT2D eigenvalue weighted by atomic mass is 79.9. The molecule has 0 bridgehead atoms. The maximum atomic E-state index is 13.2. The normalized spacial score (nSPS) is 10.3. The number of H-pyrrole nitrogens is 1. The first kappa shape index (κ1) is 8.37. The van der Waals surface area contributed by atoms with Gasteiger partial charge in [-0.3, -0.25) is 5.10 Å². The molecule has 1 N–H and O–H groups in total. The summed E-state index contributed by atoms with van der Waals surface area (Å²) in [6.07, 6.45) is 4.58. The number of nitrogens with one attached hydrogen (secondary N) is 1. The molecule has 0 atom stereocenters. The van der Waals surface area contributed by atoms with E-state index in [1.807, 2.05) is 0 Å². The van der Waals surface area contributed by atoms with Crippen molar-refractivity contribution in [2.24, 2.45) is 0 Å². The monoisotopic (exact) mass is 241 g/mol. The second-order valence-corrected chi connectivity index (χ2v) is 3.39. The van der Waals surface area contributed by atoms with E-state index >= 15 is 0 Å². The van der Waals surface area contributed by atoms with Crippen LogP contribution >= 0.6 is 15.9 Å². The molecule has 2 aromatic heterocycles. The Hall–Kier alpha value is -1.23. The van der Waals surface area contributed by atoms with Crippen LogP contribution in [0.25, 0.3) is 11.1 Å². The Labute approximate surface area is 82.1 Å². The molecular formula is C8H5BrFN3. The summed E-state index contributed by atoms with van der Waals surface area (Å²) >= 11 is 3.22. The van der Waals surface area contributed by atoms with Crippen molar-refractivity contribution < 1.29 is 4.39 Å². The Bertz CT molecular complexity index is 413. The third kappa shape index (κ3) is 1.60. The largest absolute Gasteiger partial charge is 0.285 e. The summed E-state index contributed by atoms with van der Waals surface area (Å²) in [7, 11) is 0. The molecule has 5 heteroatoms. The number of hydrogen-bond donors (Lipinski definition) is 1. The van der Waals surface area contributed by atoms with Crippen LogP contribution in [-0.4, -0.2) is 15.2 Å².